The van der Waals surface area contributed by atoms with E-state index in [0.29, 0.717) is 5.69 Å². The van der Waals surface area contributed by atoms with Crippen molar-refractivity contribution in [3.8, 4) is 0 Å². The summed E-state index contributed by atoms with van der Waals surface area (Å²) < 4.78 is 4.72. The van der Waals surface area contributed by atoms with Crippen LogP contribution < -0.4 is 10.6 Å². The summed E-state index contributed by atoms with van der Waals surface area (Å²) in [5, 5.41) is 5.39. The molecule has 0 aliphatic carbocycles. The SMILES string of the molecule is COC(=O)c1ccccc1NC(=O)c1ccnc(C(=O)NCc2cccnc2)c1. The molecule has 8 nitrogen and oxygen atoms in total. The van der Waals surface area contributed by atoms with Crippen LogP contribution >= 0.6 is 0 Å². The predicted octanol–water partition coefficient (Wildman–Crippen LogP) is 2.45. The summed E-state index contributed by atoms with van der Waals surface area (Å²) >= 11 is 0. The molecule has 0 saturated heterocycles. The minimum absolute atomic E-state index is 0.0998. The summed E-state index contributed by atoms with van der Waals surface area (Å²) in [6.07, 6.45) is 4.67. The second-order valence-corrected chi connectivity index (χ2v) is 5.96. The molecule has 0 unspecified atom stereocenters. The van der Waals surface area contributed by atoms with Gasteiger partial charge in [0.25, 0.3) is 11.8 Å². The van der Waals surface area contributed by atoms with E-state index >= 15 is 0 Å². The third-order valence-corrected chi connectivity index (χ3v) is 4.01. The number of para-hydroxylation sites is 1. The first-order chi connectivity index (χ1) is 14.1. The zero-order chi connectivity index (χ0) is 20.6. The van der Waals surface area contributed by atoms with E-state index < -0.39 is 17.8 Å². The number of aromatic nitrogens is 2. The second kappa shape index (κ2) is 9.23. The third-order valence-electron chi connectivity index (χ3n) is 4.01. The first-order valence-corrected chi connectivity index (χ1v) is 8.70. The Morgan fingerprint density at radius 2 is 1.83 bits per heavy atom. The van der Waals surface area contributed by atoms with Crippen molar-refractivity contribution in [1.29, 1.82) is 0 Å². The molecule has 1 aromatic carbocycles. The number of carbonyl (C=O) groups is 3. The molecular weight excluding hydrogens is 372 g/mol. The molecule has 8 heteroatoms. The topological polar surface area (TPSA) is 110 Å². The molecule has 0 bridgehead atoms. The third kappa shape index (κ3) is 5.01. The van der Waals surface area contributed by atoms with Crippen molar-refractivity contribution in [2.45, 2.75) is 6.54 Å². The average Bonchev–Trinajstić information content (AvgIpc) is 2.78. The highest BCUT2D eigenvalue weighted by Crippen LogP contribution is 2.17. The number of pyridine rings is 2. The van der Waals surface area contributed by atoms with E-state index in [0.717, 1.165) is 5.56 Å². The molecule has 2 aromatic heterocycles. The lowest BCUT2D eigenvalue weighted by Gasteiger charge is -2.10. The van der Waals surface area contributed by atoms with E-state index in [1.165, 1.54) is 25.4 Å². The lowest BCUT2D eigenvalue weighted by atomic mass is 10.1. The van der Waals surface area contributed by atoms with Crippen molar-refractivity contribution in [3.63, 3.8) is 0 Å². The fourth-order valence-corrected chi connectivity index (χ4v) is 2.55. The number of methoxy groups -OCH3 is 1. The van der Waals surface area contributed by atoms with Gasteiger partial charge in [0.1, 0.15) is 5.69 Å². The number of anilines is 1. The number of rotatable bonds is 6. The van der Waals surface area contributed by atoms with Crippen LogP contribution in [0.5, 0.6) is 0 Å². The van der Waals surface area contributed by atoms with Gasteiger partial charge in [-0.25, -0.2) is 4.79 Å². The van der Waals surface area contributed by atoms with Crippen molar-refractivity contribution >= 4 is 23.5 Å². The molecule has 2 heterocycles. The molecule has 2 N–H and O–H groups in total. The van der Waals surface area contributed by atoms with Crippen LogP contribution in [0.25, 0.3) is 0 Å². The van der Waals surface area contributed by atoms with Crippen LogP contribution in [0.15, 0.2) is 67.1 Å². The number of amides is 2. The maximum atomic E-state index is 12.6. The maximum Gasteiger partial charge on any atom is 0.339 e. The summed E-state index contributed by atoms with van der Waals surface area (Å²) in [5.41, 5.74) is 1.71. The fraction of sp³-hybridized carbons (Fsp3) is 0.0952. The molecule has 0 saturated carbocycles. The summed E-state index contributed by atoms with van der Waals surface area (Å²) in [5.74, 6) is -1.46. The Hall–Kier alpha value is -4.07. The smallest absolute Gasteiger partial charge is 0.339 e. The largest absolute Gasteiger partial charge is 0.465 e. The standard InChI is InChI=1S/C21H18N4O4/c1-29-21(28)16-6-2-3-7-17(16)25-19(26)15-8-10-23-18(11-15)20(27)24-13-14-5-4-9-22-12-14/h2-12H,13H2,1H3,(H,24,27)(H,25,26). The van der Waals surface area contributed by atoms with Crippen LogP contribution in [-0.2, 0) is 11.3 Å². The van der Waals surface area contributed by atoms with Gasteiger partial charge in [0, 0.05) is 30.7 Å². The minimum atomic E-state index is -0.564. The summed E-state index contributed by atoms with van der Waals surface area (Å²) in [6, 6.07) is 13.0. The van der Waals surface area contributed by atoms with Crippen molar-refractivity contribution in [2.75, 3.05) is 12.4 Å². The van der Waals surface area contributed by atoms with Crippen molar-refractivity contribution in [3.05, 3.63) is 89.5 Å². The monoisotopic (exact) mass is 390 g/mol. The molecule has 3 aromatic rings. The van der Waals surface area contributed by atoms with Gasteiger partial charge in [-0.3, -0.25) is 19.6 Å². The number of hydrogen-bond donors (Lipinski definition) is 2. The van der Waals surface area contributed by atoms with Crippen LogP contribution in [0.1, 0.15) is 36.8 Å². The Kier molecular flexibility index (Phi) is 6.26. The van der Waals surface area contributed by atoms with E-state index in [1.807, 2.05) is 6.07 Å². The van der Waals surface area contributed by atoms with E-state index in [2.05, 4.69) is 20.6 Å². The first-order valence-electron chi connectivity index (χ1n) is 8.70. The number of nitrogens with one attached hydrogen (secondary N) is 2. The number of esters is 1. The van der Waals surface area contributed by atoms with Gasteiger partial charge >= 0.3 is 5.97 Å². The van der Waals surface area contributed by atoms with E-state index in [-0.39, 0.29) is 23.4 Å². The molecule has 29 heavy (non-hydrogen) atoms. The summed E-state index contributed by atoms with van der Waals surface area (Å²) in [7, 11) is 1.26. The molecule has 0 aliphatic rings. The van der Waals surface area contributed by atoms with Gasteiger partial charge < -0.3 is 15.4 Å². The molecule has 3 rings (SSSR count). The van der Waals surface area contributed by atoms with E-state index in [9.17, 15) is 14.4 Å². The van der Waals surface area contributed by atoms with Gasteiger partial charge in [-0.15, -0.1) is 0 Å². The molecule has 0 radical (unpaired) electrons. The molecule has 2 amide bonds. The Bertz CT molecular complexity index is 1040. The first kappa shape index (κ1) is 19.7. The Labute approximate surface area is 167 Å². The molecular formula is C21H18N4O4. The molecule has 146 valence electrons. The van der Waals surface area contributed by atoms with Gasteiger partial charge in [-0.05, 0) is 35.9 Å². The lowest BCUT2D eigenvalue weighted by Crippen LogP contribution is -2.24. The molecule has 0 fully saturated rings. The summed E-state index contributed by atoms with van der Waals surface area (Å²) in [6.45, 7) is 0.289. The highest BCUT2D eigenvalue weighted by Gasteiger charge is 2.16. The van der Waals surface area contributed by atoms with Gasteiger partial charge in [0.2, 0.25) is 0 Å². The Balaban J connectivity index is 1.71. The van der Waals surface area contributed by atoms with Gasteiger partial charge in [-0.1, -0.05) is 18.2 Å². The van der Waals surface area contributed by atoms with Crippen LogP contribution in [0, 0.1) is 0 Å². The normalized spacial score (nSPS) is 10.1. The second-order valence-electron chi connectivity index (χ2n) is 5.96. The summed E-state index contributed by atoms with van der Waals surface area (Å²) in [4.78, 5) is 44.8. The van der Waals surface area contributed by atoms with Gasteiger partial charge in [0.15, 0.2) is 0 Å². The Morgan fingerprint density at radius 3 is 2.59 bits per heavy atom. The van der Waals surface area contributed by atoms with Crippen LogP contribution in [0.4, 0.5) is 5.69 Å². The minimum Gasteiger partial charge on any atom is -0.465 e. The number of carbonyl (C=O) groups excluding carboxylic acids is 3. The number of ether oxygens (including phenoxy) is 1. The van der Waals surface area contributed by atoms with Crippen molar-refractivity contribution in [1.82, 2.24) is 15.3 Å². The maximum absolute atomic E-state index is 12.6. The fourth-order valence-electron chi connectivity index (χ4n) is 2.55. The predicted molar refractivity (Wildman–Crippen MR) is 105 cm³/mol. The van der Waals surface area contributed by atoms with Gasteiger partial charge in [0.05, 0.1) is 18.4 Å². The lowest BCUT2D eigenvalue weighted by molar-refractivity contribution is 0.0601. The number of hydrogen-bond acceptors (Lipinski definition) is 6. The highest BCUT2D eigenvalue weighted by atomic mass is 16.5. The Morgan fingerprint density at radius 1 is 1.00 bits per heavy atom. The highest BCUT2D eigenvalue weighted by molar-refractivity contribution is 6.08. The molecule has 0 atom stereocenters. The van der Waals surface area contributed by atoms with Crippen LogP contribution in [-0.4, -0.2) is 34.9 Å². The van der Waals surface area contributed by atoms with Crippen LogP contribution in [0.2, 0.25) is 0 Å². The molecule has 0 aliphatic heterocycles. The van der Waals surface area contributed by atoms with Crippen molar-refractivity contribution in [2.24, 2.45) is 0 Å². The average molecular weight is 390 g/mol. The van der Waals surface area contributed by atoms with E-state index in [4.69, 9.17) is 4.74 Å². The molecule has 0 spiro atoms. The number of nitrogens with zero attached hydrogens (tertiary/aromatic N) is 2. The zero-order valence-corrected chi connectivity index (χ0v) is 15.6. The van der Waals surface area contributed by atoms with E-state index in [1.54, 1.807) is 42.7 Å². The zero-order valence-electron chi connectivity index (χ0n) is 15.6. The number of benzene rings is 1. The quantitative estimate of drug-likeness (QED) is 0.626. The van der Waals surface area contributed by atoms with Crippen LogP contribution in [0.3, 0.4) is 0 Å². The van der Waals surface area contributed by atoms with Crippen molar-refractivity contribution < 1.29 is 19.1 Å². The van der Waals surface area contributed by atoms with Gasteiger partial charge in [-0.2, -0.15) is 0 Å².